The fourth-order valence-corrected chi connectivity index (χ4v) is 1.70. The Kier molecular flexibility index (Phi) is 3.57. The Hall–Kier alpha value is -2.36. The van der Waals surface area contributed by atoms with E-state index in [1.807, 2.05) is 12.1 Å². The van der Waals surface area contributed by atoms with Crippen LogP contribution >= 0.6 is 0 Å². The molecule has 2 aromatic rings. The highest BCUT2D eigenvalue weighted by atomic mass is 16.5. The second kappa shape index (κ2) is 5.31. The van der Waals surface area contributed by atoms with Gasteiger partial charge in [0.25, 0.3) is 0 Å². The van der Waals surface area contributed by atoms with Crippen LogP contribution in [-0.4, -0.2) is 25.2 Å². The molecule has 1 heterocycles. The number of methoxy groups -OCH3 is 2. The lowest BCUT2D eigenvalue weighted by Gasteiger charge is -2.09. The first-order valence-electron chi connectivity index (χ1n) is 5.43. The summed E-state index contributed by atoms with van der Waals surface area (Å²) in [5.41, 5.74) is 2.08. The number of benzene rings is 1. The van der Waals surface area contributed by atoms with Crippen molar-refractivity contribution in [1.29, 1.82) is 0 Å². The molecule has 0 saturated heterocycles. The third-order valence-electron chi connectivity index (χ3n) is 2.60. The van der Waals surface area contributed by atoms with Crippen LogP contribution in [0.2, 0.25) is 0 Å². The fourth-order valence-electron chi connectivity index (χ4n) is 1.70. The summed E-state index contributed by atoms with van der Waals surface area (Å²) < 4.78 is 9.94. The third kappa shape index (κ3) is 2.32. The molecule has 0 N–H and O–H groups in total. The number of esters is 1. The van der Waals surface area contributed by atoms with Crippen molar-refractivity contribution in [3.05, 3.63) is 48.3 Å². The highest BCUT2D eigenvalue weighted by molar-refractivity contribution is 5.97. The standard InChI is InChI=1S/C14H13NO3/c1-17-11-5-6-12(14(16)18-2)13(8-11)10-4-3-7-15-9-10/h3-9H,1-2H3. The minimum absolute atomic E-state index is 0.378. The van der Waals surface area contributed by atoms with E-state index >= 15 is 0 Å². The van der Waals surface area contributed by atoms with Gasteiger partial charge in [-0.3, -0.25) is 4.98 Å². The molecule has 18 heavy (non-hydrogen) atoms. The first kappa shape index (κ1) is 12.1. The highest BCUT2D eigenvalue weighted by Gasteiger charge is 2.14. The maximum absolute atomic E-state index is 11.7. The van der Waals surface area contributed by atoms with Crippen molar-refractivity contribution in [2.45, 2.75) is 0 Å². The van der Waals surface area contributed by atoms with Gasteiger partial charge in [0.05, 0.1) is 19.8 Å². The van der Waals surface area contributed by atoms with Crippen molar-refractivity contribution < 1.29 is 14.3 Å². The number of rotatable bonds is 3. The Balaban J connectivity index is 2.58. The predicted molar refractivity (Wildman–Crippen MR) is 67.6 cm³/mol. The second-order valence-electron chi connectivity index (χ2n) is 3.64. The SMILES string of the molecule is COC(=O)c1ccc(OC)cc1-c1cccnc1. The lowest BCUT2D eigenvalue weighted by Crippen LogP contribution is -2.04. The number of carbonyl (C=O) groups excluding carboxylic acids is 1. The summed E-state index contributed by atoms with van der Waals surface area (Å²) in [6.07, 6.45) is 3.38. The molecule has 0 bridgehead atoms. The molecule has 1 aromatic heterocycles. The van der Waals surface area contributed by atoms with Crippen LogP contribution in [-0.2, 0) is 4.74 Å². The van der Waals surface area contributed by atoms with Crippen LogP contribution in [0.15, 0.2) is 42.7 Å². The quantitative estimate of drug-likeness (QED) is 0.777. The van der Waals surface area contributed by atoms with Gasteiger partial charge in [-0.2, -0.15) is 0 Å². The molecule has 4 nitrogen and oxygen atoms in total. The van der Waals surface area contributed by atoms with Crippen LogP contribution < -0.4 is 4.74 Å². The first-order valence-corrected chi connectivity index (χ1v) is 5.43. The zero-order valence-corrected chi connectivity index (χ0v) is 10.2. The van der Waals surface area contributed by atoms with Gasteiger partial charge in [-0.15, -0.1) is 0 Å². The molecule has 0 spiro atoms. The van der Waals surface area contributed by atoms with Crippen molar-refractivity contribution in [2.75, 3.05) is 14.2 Å². The largest absolute Gasteiger partial charge is 0.497 e. The van der Waals surface area contributed by atoms with E-state index in [-0.39, 0.29) is 5.97 Å². The molecule has 0 atom stereocenters. The number of pyridine rings is 1. The van der Waals surface area contributed by atoms with E-state index in [4.69, 9.17) is 9.47 Å². The number of hydrogen-bond donors (Lipinski definition) is 0. The van der Waals surface area contributed by atoms with Gasteiger partial charge in [0.1, 0.15) is 5.75 Å². The van der Waals surface area contributed by atoms with Crippen LogP contribution in [0.5, 0.6) is 5.75 Å². The third-order valence-corrected chi connectivity index (χ3v) is 2.60. The van der Waals surface area contributed by atoms with E-state index in [2.05, 4.69) is 4.98 Å². The van der Waals surface area contributed by atoms with Crippen LogP contribution in [0.4, 0.5) is 0 Å². The van der Waals surface area contributed by atoms with Gasteiger partial charge >= 0.3 is 5.97 Å². The zero-order valence-electron chi connectivity index (χ0n) is 10.2. The number of carbonyl (C=O) groups is 1. The number of ether oxygens (including phenoxy) is 2. The second-order valence-corrected chi connectivity index (χ2v) is 3.64. The minimum Gasteiger partial charge on any atom is -0.497 e. The van der Waals surface area contributed by atoms with E-state index in [9.17, 15) is 4.79 Å². The molecular weight excluding hydrogens is 230 g/mol. The minimum atomic E-state index is -0.378. The van der Waals surface area contributed by atoms with Gasteiger partial charge in [-0.1, -0.05) is 6.07 Å². The lowest BCUT2D eigenvalue weighted by atomic mass is 10.0. The van der Waals surface area contributed by atoms with Gasteiger partial charge in [0, 0.05) is 23.5 Å². The van der Waals surface area contributed by atoms with Crippen molar-refractivity contribution in [3.63, 3.8) is 0 Å². The van der Waals surface area contributed by atoms with Crippen LogP contribution in [0.1, 0.15) is 10.4 Å². The monoisotopic (exact) mass is 243 g/mol. The summed E-state index contributed by atoms with van der Waals surface area (Å²) in [6, 6.07) is 8.91. The Morgan fingerprint density at radius 1 is 1.22 bits per heavy atom. The van der Waals surface area contributed by atoms with Crippen molar-refractivity contribution >= 4 is 5.97 Å². The van der Waals surface area contributed by atoms with E-state index in [1.165, 1.54) is 7.11 Å². The summed E-state index contributed by atoms with van der Waals surface area (Å²) in [6.45, 7) is 0. The van der Waals surface area contributed by atoms with Crippen molar-refractivity contribution in [2.24, 2.45) is 0 Å². The summed E-state index contributed by atoms with van der Waals surface area (Å²) >= 11 is 0. The zero-order chi connectivity index (χ0) is 13.0. The van der Waals surface area contributed by atoms with Crippen LogP contribution in [0.3, 0.4) is 0 Å². The molecule has 1 aromatic carbocycles. The average Bonchev–Trinajstić information content (AvgIpc) is 2.46. The molecule has 4 heteroatoms. The number of nitrogens with zero attached hydrogens (tertiary/aromatic N) is 1. The molecule has 0 aliphatic heterocycles. The Morgan fingerprint density at radius 3 is 2.67 bits per heavy atom. The molecule has 92 valence electrons. The Morgan fingerprint density at radius 2 is 2.06 bits per heavy atom. The molecule has 0 aliphatic carbocycles. The van der Waals surface area contributed by atoms with Crippen molar-refractivity contribution in [1.82, 2.24) is 4.98 Å². The normalized spacial score (nSPS) is 9.89. The molecule has 0 unspecified atom stereocenters. The summed E-state index contributed by atoms with van der Waals surface area (Å²) in [5, 5.41) is 0. The molecular formula is C14H13NO3. The summed E-state index contributed by atoms with van der Waals surface area (Å²) in [5.74, 6) is 0.304. The van der Waals surface area contributed by atoms with Gasteiger partial charge in [0.2, 0.25) is 0 Å². The van der Waals surface area contributed by atoms with Crippen molar-refractivity contribution in [3.8, 4) is 16.9 Å². The van der Waals surface area contributed by atoms with Crippen LogP contribution in [0.25, 0.3) is 11.1 Å². The first-order chi connectivity index (χ1) is 8.76. The maximum atomic E-state index is 11.7. The molecule has 2 rings (SSSR count). The fraction of sp³-hybridized carbons (Fsp3) is 0.143. The molecule has 0 amide bonds. The maximum Gasteiger partial charge on any atom is 0.338 e. The van der Waals surface area contributed by atoms with E-state index in [0.717, 1.165) is 11.1 Å². The van der Waals surface area contributed by atoms with Gasteiger partial charge < -0.3 is 9.47 Å². The highest BCUT2D eigenvalue weighted by Crippen LogP contribution is 2.27. The number of hydrogen-bond acceptors (Lipinski definition) is 4. The molecule has 0 fully saturated rings. The van der Waals surface area contributed by atoms with Gasteiger partial charge in [-0.25, -0.2) is 4.79 Å². The van der Waals surface area contributed by atoms with E-state index < -0.39 is 0 Å². The van der Waals surface area contributed by atoms with Crippen LogP contribution in [0, 0.1) is 0 Å². The van der Waals surface area contributed by atoms with E-state index in [0.29, 0.717) is 11.3 Å². The molecule has 0 aliphatic rings. The summed E-state index contributed by atoms with van der Waals surface area (Å²) in [4.78, 5) is 15.8. The number of aromatic nitrogens is 1. The van der Waals surface area contributed by atoms with E-state index in [1.54, 1.807) is 37.7 Å². The predicted octanol–water partition coefficient (Wildman–Crippen LogP) is 2.54. The van der Waals surface area contributed by atoms with Gasteiger partial charge in [-0.05, 0) is 24.3 Å². The molecule has 0 radical (unpaired) electrons. The smallest absolute Gasteiger partial charge is 0.338 e. The Labute approximate surface area is 105 Å². The average molecular weight is 243 g/mol. The molecule has 0 saturated carbocycles. The summed E-state index contributed by atoms with van der Waals surface area (Å²) in [7, 11) is 2.94. The lowest BCUT2D eigenvalue weighted by molar-refractivity contribution is 0.0601. The topological polar surface area (TPSA) is 48.4 Å². The Bertz CT molecular complexity index is 552. The van der Waals surface area contributed by atoms with Gasteiger partial charge in [0.15, 0.2) is 0 Å².